The Kier molecular flexibility index (Phi) is 2.83. The molecule has 2 rings (SSSR count). The van der Waals surface area contributed by atoms with Gasteiger partial charge in [0.15, 0.2) is 0 Å². The summed E-state index contributed by atoms with van der Waals surface area (Å²) in [5, 5.41) is 0. The Morgan fingerprint density at radius 2 is 1.87 bits per heavy atom. The molecule has 0 atom stereocenters. The van der Waals surface area contributed by atoms with Crippen molar-refractivity contribution in [2.45, 2.75) is 6.42 Å². The van der Waals surface area contributed by atoms with Crippen LogP contribution in [0.1, 0.15) is 5.69 Å². The van der Waals surface area contributed by atoms with Crippen LogP contribution in [0.5, 0.6) is 0 Å². The normalized spacial score (nSPS) is 10.5. The van der Waals surface area contributed by atoms with Crippen molar-refractivity contribution in [2.24, 2.45) is 5.73 Å². The van der Waals surface area contributed by atoms with E-state index in [1.54, 1.807) is 12.1 Å². The van der Waals surface area contributed by atoms with Gasteiger partial charge in [0.25, 0.3) is 0 Å². The number of hydrogen-bond acceptors (Lipinski definition) is 1. The molecule has 3 heteroatoms. The van der Waals surface area contributed by atoms with E-state index in [0.29, 0.717) is 6.54 Å². The standard InChI is InChI=1S/C12H13FN2/c13-10-3-5-12(6-4-10)15-9-1-2-11(15)7-8-14/h1-6,9H,7-8,14H2. The summed E-state index contributed by atoms with van der Waals surface area (Å²) in [5.41, 5.74) is 7.62. The van der Waals surface area contributed by atoms with Crippen LogP contribution in [-0.4, -0.2) is 11.1 Å². The minimum absolute atomic E-state index is 0.216. The van der Waals surface area contributed by atoms with Crippen LogP contribution in [0.4, 0.5) is 4.39 Å². The van der Waals surface area contributed by atoms with Gasteiger partial charge in [-0.25, -0.2) is 4.39 Å². The lowest BCUT2D eigenvalue weighted by Crippen LogP contribution is -2.07. The highest BCUT2D eigenvalue weighted by Crippen LogP contribution is 2.13. The zero-order valence-electron chi connectivity index (χ0n) is 8.36. The predicted molar refractivity (Wildman–Crippen MR) is 58.5 cm³/mol. The lowest BCUT2D eigenvalue weighted by molar-refractivity contribution is 0.627. The fourth-order valence-corrected chi connectivity index (χ4v) is 1.62. The molecular weight excluding hydrogens is 191 g/mol. The van der Waals surface area contributed by atoms with Crippen molar-refractivity contribution >= 4 is 0 Å². The summed E-state index contributed by atoms with van der Waals surface area (Å²) in [6.45, 7) is 0.616. The summed E-state index contributed by atoms with van der Waals surface area (Å²) >= 11 is 0. The van der Waals surface area contributed by atoms with Crippen LogP contribution in [0.2, 0.25) is 0 Å². The Labute approximate surface area is 88.1 Å². The van der Waals surface area contributed by atoms with Gasteiger partial charge >= 0.3 is 0 Å². The third kappa shape index (κ3) is 2.07. The molecule has 0 spiro atoms. The van der Waals surface area contributed by atoms with E-state index in [2.05, 4.69) is 0 Å². The van der Waals surface area contributed by atoms with E-state index >= 15 is 0 Å². The second-order valence-corrected chi connectivity index (χ2v) is 3.38. The maximum atomic E-state index is 12.7. The van der Waals surface area contributed by atoms with E-state index < -0.39 is 0 Å². The van der Waals surface area contributed by atoms with Crippen molar-refractivity contribution in [2.75, 3.05) is 6.54 Å². The van der Waals surface area contributed by atoms with Gasteiger partial charge < -0.3 is 10.3 Å². The second kappa shape index (κ2) is 4.28. The number of benzene rings is 1. The van der Waals surface area contributed by atoms with Crippen LogP contribution < -0.4 is 5.73 Å². The second-order valence-electron chi connectivity index (χ2n) is 3.38. The number of aromatic nitrogens is 1. The van der Waals surface area contributed by atoms with Crippen LogP contribution in [0.15, 0.2) is 42.6 Å². The van der Waals surface area contributed by atoms with Gasteiger partial charge in [0.1, 0.15) is 5.82 Å². The predicted octanol–water partition coefficient (Wildman–Crippen LogP) is 2.12. The summed E-state index contributed by atoms with van der Waals surface area (Å²) in [7, 11) is 0. The Balaban J connectivity index is 2.36. The van der Waals surface area contributed by atoms with E-state index in [9.17, 15) is 4.39 Å². The Morgan fingerprint density at radius 3 is 2.53 bits per heavy atom. The van der Waals surface area contributed by atoms with Crippen LogP contribution >= 0.6 is 0 Å². The van der Waals surface area contributed by atoms with Crippen molar-refractivity contribution in [1.29, 1.82) is 0 Å². The van der Waals surface area contributed by atoms with Crippen molar-refractivity contribution in [3.8, 4) is 5.69 Å². The first kappa shape index (κ1) is 9.93. The Bertz CT molecular complexity index is 431. The minimum Gasteiger partial charge on any atom is -0.330 e. The van der Waals surface area contributed by atoms with Gasteiger partial charge in [-0.1, -0.05) is 0 Å². The largest absolute Gasteiger partial charge is 0.330 e. The molecule has 0 aliphatic heterocycles. The highest BCUT2D eigenvalue weighted by Gasteiger charge is 2.01. The third-order valence-corrected chi connectivity index (χ3v) is 2.34. The van der Waals surface area contributed by atoms with E-state index in [-0.39, 0.29) is 5.82 Å². The van der Waals surface area contributed by atoms with Gasteiger partial charge in [-0.15, -0.1) is 0 Å². The van der Waals surface area contributed by atoms with Crippen molar-refractivity contribution in [1.82, 2.24) is 4.57 Å². The molecular formula is C12H13FN2. The van der Waals surface area contributed by atoms with Crippen LogP contribution in [0.3, 0.4) is 0 Å². The van der Waals surface area contributed by atoms with Gasteiger partial charge in [0.2, 0.25) is 0 Å². The van der Waals surface area contributed by atoms with E-state index in [1.165, 1.54) is 12.1 Å². The molecule has 1 aromatic heterocycles. The monoisotopic (exact) mass is 204 g/mol. The maximum Gasteiger partial charge on any atom is 0.123 e. The Hall–Kier alpha value is -1.61. The van der Waals surface area contributed by atoms with Gasteiger partial charge in [-0.3, -0.25) is 0 Å². The first-order valence-electron chi connectivity index (χ1n) is 4.93. The summed E-state index contributed by atoms with van der Waals surface area (Å²) in [6.07, 6.45) is 2.78. The molecule has 1 aromatic carbocycles. The summed E-state index contributed by atoms with van der Waals surface area (Å²) in [4.78, 5) is 0. The Morgan fingerprint density at radius 1 is 1.13 bits per heavy atom. The molecule has 2 aromatic rings. The summed E-state index contributed by atoms with van der Waals surface area (Å²) in [6, 6.07) is 10.4. The highest BCUT2D eigenvalue weighted by atomic mass is 19.1. The number of nitrogens with two attached hydrogens (primary N) is 1. The summed E-state index contributed by atoms with van der Waals surface area (Å²) in [5.74, 6) is -0.216. The molecule has 78 valence electrons. The lowest BCUT2D eigenvalue weighted by Gasteiger charge is -2.08. The van der Waals surface area contributed by atoms with E-state index in [1.807, 2.05) is 22.9 Å². The fourth-order valence-electron chi connectivity index (χ4n) is 1.62. The lowest BCUT2D eigenvalue weighted by atomic mass is 10.2. The average Bonchev–Trinajstić information content (AvgIpc) is 2.68. The quantitative estimate of drug-likeness (QED) is 0.815. The summed E-state index contributed by atoms with van der Waals surface area (Å²) < 4.78 is 14.8. The molecule has 0 saturated carbocycles. The van der Waals surface area contributed by atoms with Crippen LogP contribution in [-0.2, 0) is 6.42 Å². The van der Waals surface area contributed by atoms with Gasteiger partial charge in [-0.2, -0.15) is 0 Å². The molecule has 2 N–H and O–H groups in total. The fraction of sp³-hybridized carbons (Fsp3) is 0.167. The van der Waals surface area contributed by atoms with Crippen LogP contribution in [0, 0.1) is 5.82 Å². The molecule has 0 amide bonds. The molecule has 2 nitrogen and oxygen atoms in total. The van der Waals surface area contributed by atoms with Crippen molar-refractivity contribution in [3.63, 3.8) is 0 Å². The van der Waals surface area contributed by atoms with Gasteiger partial charge in [0.05, 0.1) is 0 Å². The SMILES string of the molecule is NCCc1cccn1-c1ccc(F)cc1. The molecule has 0 aliphatic carbocycles. The van der Waals surface area contributed by atoms with Crippen molar-refractivity contribution < 1.29 is 4.39 Å². The molecule has 0 fully saturated rings. The van der Waals surface area contributed by atoms with Gasteiger partial charge in [0, 0.05) is 24.0 Å². The van der Waals surface area contributed by atoms with Gasteiger partial charge in [-0.05, 0) is 42.9 Å². The van der Waals surface area contributed by atoms with E-state index in [0.717, 1.165) is 17.8 Å². The zero-order valence-corrected chi connectivity index (χ0v) is 8.36. The topological polar surface area (TPSA) is 30.9 Å². The number of rotatable bonds is 3. The molecule has 0 unspecified atom stereocenters. The molecule has 0 aliphatic rings. The number of halogens is 1. The average molecular weight is 204 g/mol. The first-order valence-corrected chi connectivity index (χ1v) is 4.93. The molecule has 1 heterocycles. The molecule has 0 bridgehead atoms. The number of nitrogens with zero attached hydrogens (tertiary/aromatic N) is 1. The first-order chi connectivity index (χ1) is 7.31. The van der Waals surface area contributed by atoms with E-state index in [4.69, 9.17) is 5.73 Å². The third-order valence-electron chi connectivity index (χ3n) is 2.34. The zero-order chi connectivity index (χ0) is 10.7. The van der Waals surface area contributed by atoms with Crippen molar-refractivity contribution in [3.05, 3.63) is 54.1 Å². The molecule has 0 radical (unpaired) electrons. The highest BCUT2D eigenvalue weighted by molar-refractivity contribution is 5.35. The minimum atomic E-state index is -0.216. The smallest absolute Gasteiger partial charge is 0.123 e. The molecule has 15 heavy (non-hydrogen) atoms. The van der Waals surface area contributed by atoms with Crippen LogP contribution in [0.25, 0.3) is 5.69 Å². The molecule has 0 saturated heterocycles. The maximum absolute atomic E-state index is 12.7. The number of hydrogen-bond donors (Lipinski definition) is 1.